The molecule has 33 heavy (non-hydrogen) atoms. The van der Waals surface area contributed by atoms with Crippen molar-refractivity contribution in [2.45, 2.75) is 31.6 Å². The minimum absolute atomic E-state index is 0.135. The van der Waals surface area contributed by atoms with E-state index in [1.807, 2.05) is 43.3 Å². The zero-order valence-electron chi connectivity index (χ0n) is 19.0. The highest BCUT2D eigenvalue weighted by Crippen LogP contribution is 2.26. The van der Waals surface area contributed by atoms with Crippen molar-refractivity contribution in [3.8, 4) is 5.75 Å². The molecule has 0 saturated carbocycles. The first-order chi connectivity index (χ1) is 15.9. The summed E-state index contributed by atoms with van der Waals surface area (Å²) >= 11 is 0. The molecular weight excluding hydrogens is 436 g/mol. The van der Waals surface area contributed by atoms with Crippen LogP contribution in [0.3, 0.4) is 0 Å². The molecule has 0 heterocycles. The van der Waals surface area contributed by atoms with Crippen LogP contribution in [0.25, 0.3) is 0 Å². The van der Waals surface area contributed by atoms with E-state index in [0.717, 1.165) is 28.5 Å². The summed E-state index contributed by atoms with van der Waals surface area (Å²) in [6, 6.07) is 23.1. The van der Waals surface area contributed by atoms with Gasteiger partial charge in [0.1, 0.15) is 18.9 Å². The topological polar surface area (TPSA) is 75.7 Å². The lowest BCUT2D eigenvalue weighted by atomic mass is 10.1. The van der Waals surface area contributed by atoms with Crippen molar-refractivity contribution >= 4 is 21.6 Å². The van der Waals surface area contributed by atoms with Gasteiger partial charge in [-0.05, 0) is 54.8 Å². The van der Waals surface area contributed by atoms with Gasteiger partial charge in [-0.1, -0.05) is 61.9 Å². The minimum atomic E-state index is -3.91. The summed E-state index contributed by atoms with van der Waals surface area (Å²) in [5.41, 5.74) is 2.49. The average molecular weight is 467 g/mol. The van der Waals surface area contributed by atoms with Crippen LogP contribution in [0.2, 0.25) is 0 Å². The van der Waals surface area contributed by atoms with Gasteiger partial charge < -0.3 is 10.1 Å². The number of carbonyl (C=O) groups is 1. The van der Waals surface area contributed by atoms with Crippen molar-refractivity contribution in [2.75, 3.05) is 24.0 Å². The molecule has 0 bridgehead atoms. The lowest BCUT2D eigenvalue weighted by Gasteiger charge is -2.25. The molecule has 0 saturated heterocycles. The Morgan fingerprint density at radius 1 is 0.939 bits per heavy atom. The number of benzene rings is 3. The zero-order chi connectivity index (χ0) is 23.7. The first-order valence-corrected chi connectivity index (χ1v) is 12.5. The molecule has 0 spiro atoms. The van der Waals surface area contributed by atoms with Crippen molar-refractivity contribution in [1.29, 1.82) is 0 Å². The molecule has 0 aromatic heterocycles. The Bertz CT molecular complexity index is 1150. The van der Waals surface area contributed by atoms with Gasteiger partial charge in [0, 0.05) is 0 Å². The summed E-state index contributed by atoms with van der Waals surface area (Å²) < 4.78 is 33.5. The number of anilines is 1. The van der Waals surface area contributed by atoms with Gasteiger partial charge >= 0.3 is 0 Å². The molecule has 0 aliphatic carbocycles. The Kier molecular flexibility index (Phi) is 8.49. The van der Waals surface area contributed by atoms with Crippen LogP contribution in [0, 0.1) is 6.92 Å². The predicted molar refractivity (Wildman–Crippen MR) is 131 cm³/mol. The van der Waals surface area contributed by atoms with Crippen LogP contribution in [0.5, 0.6) is 5.75 Å². The number of ether oxygens (including phenoxy) is 1. The molecule has 3 aromatic carbocycles. The Morgan fingerprint density at radius 2 is 1.61 bits per heavy atom. The fraction of sp³-hybridized carbons (Fsp3) is 0.269. The molecule has 0 fully saturated rings. The standard InChI is InChI=1S/C26H30N2O4S/c1-3-9-22-14-16-23(17-15-22)32-19-18-27-26(29)20-28(25-13-8-7-10-21(25)2)33(30,31)24-11-5-4-6-12-24/h4-8,10-17H,3,9,18-20H2,1-2H3,(H,27,29). The van der Waals surface area contributed by atoms with E-state index in [-0.39, 0.29) is 24.6 Å². The SMILES string of the molecule is CCCc1ccc(OCCNC(=O)CN(c2ccccc2C)S(=O)(=O)c2ccccc2)cc1. The van der Waals surface area contributed by atoms with Gasteiger partial charge in [0.05, 0.1) is 17.1 Å². The van der Waals surface area contributed by atoms with E-state index in [1.165, 1.54) is 17.7 Å². The van der Waals surface area contributed by atoms with Gasteiger partial charge in [-0.3, -0.25) is 9.10 Å². The van der Waals surface area contributed by atoms with Crippen LogP contribution in [-0.2, 0) is 21.2 Å². The quantitative estimate of drug-likeness (QED) is 0.427. The number of carbonyl (C=O) groups excluding carboxylic acids is 1. The molecule has 3 rings (SSSR count). The van der Waals surface area contributed by atoms with E-state index in [2.05, 4.69) is 12.2 Å². The Balaban J connectivity index is 1.64. The van der Waals surface area contributed by atoms with Crippen LogP contribution in [0.1, 0.15) is 24.5 Å². The lowest BCUT2D eigenvalue weighted by Crippen LogP contribution is -2.42. The second-order valence-corrected chi connectivity index (χ2v) is 9.57. The third kappa shape index (κ3) is 6.58. The molecule has 3 aromatic rings. The number of rotatable bonds is 11. The van der Waals surface area contributed by atoms with Gasteiger partial charge in [-0.25, -0.2) is 8.42 Å². The first kappa shape index (κ1) is 24.3. The lowest BCUT2D eigenvalue weighted by molar-refractivity contribution is -0.119. The maximum Gasteiger partial charge on any atom is 0.264 e. The summed E-state index contributed by atoms with van der Waals surface area (Å²) in [5.74, 6) is 0.331. The normalized spacial score (nSPS) is 11.1. The predicted octanol–water partition coefficient (Wildman–Crippen LogP) is 4.34. The van der Waals surface area contributed by atoms with Crippen molar-refractivity contribution in [2.24, 2.45) is 0 Å². The Morgan fingerprint density at radius 3 is 2.27 bits per heavy atom. The molecular formula is C26H30N2O4S. The molecule has 0 aliphatic heterocycles. The third-order valence-corrected chi connectivity index (χ3v) is 6.93. The van der Waals surface area contributed by atoms with Crippen molar-refractivity contribution in [1.82, 2.24) is 5.32 Å². The zero-order valence-corrected chi connectivity index (χ0v) is 19.8. The molecule has 1 N–H and O–H groups in total. The van der Waals surface area contributed by atoms with E-state index >= 15 is 0 Å². The fourth-order valence-electron chi connectivity index (χ4n) is 3.45. The van der Waals surface area contributed by atoms with E-state index < -0.39 is 15.9 Å². The van der Waals surface area contributed by atoms with Crippen LogP contribution in [-0.4, -0.2) is 34.0 Å². The number of nitrogens with one attached hydrogen (secondary N) is 1. The maximum absolute atomic E-state index is 13.3. The molecule has 0 aliphatic rings. The largest absolute Gasteiger partial charge is 0.492 e. The molecule has 0 atom stereocenters. The van der Waals surface area contributed by atoms with Crippen molar-refractivity contribution in [3.05, 3.63) is 90.0 Å². The first-order valence-electron chi connectivity index (χ1n) is 11.0. The second-order valence-electron chi connectivity index (χ2n) is 7.70. The van der Waals surface area contributed by atoms with Gasteiger partial charge in [0.25, 0.3) is 10.0 Å². The van der Waals surface area contributed by atoms with Crippen LogP contribution in [0.15, 0.2) is 83.8 Å². The summed E-state index contributed by atoms with van der Waals surface area (Å²) in [4.78, 5) is 12.8. The molecule has 7 heteroatoms. The number of hydrogen-bond donors (Lipinski definition) is 1. The van der Waals surface area contributed by atoms with Gasteiger partial charge in [0.15, 0.2) is 0 Å². The minimum Gasteiger partial charge on any atom is -0.492 e. The van der Waals surface area contributed by atoms with Crippen LogP contribution >= 0.6 is 0 Å². The number of sulfonamides is 1. The van der Waals surface area contributed by atoms with E-state index in [4.69, 9.17) is 4.74 Å². The van der Waals surface area contributed by atoms with E-state index in [9.17, 15) is 13.2 Å². The van der Waals surface area contributed by atoms with E-state index in [0.29, 0.717) is 5.69 Å². The second kappa shape index (κ2) is 11.5. The van der Waals surface area contributed by atoms with Crippen LogP contribution < -0.4 is 14.4 Å². The van der Waals surface area contributed by atoms with Crippen molar-refractivity contribution < 1.29 is 17.9 Å². The van der Waals surface area contributed by atoms with Crippen molar-refractivity contribution in [3.63, 3.8) is 0 Å². The number of para-hydroxylation sites is 1. The Labute approximate surface area is 196 Å². The summed E-state index contributed by atoms with van der Waals surface area (Å²) in [6.45, 7) is 4.18. The monoisotopic (exact) mass is 466 g/mol. The Hall–Kier alpha value is -3.32. The summed E-state index contributed by atoms with van der Waals surface area (Å²) in [6.07, 6.45) is 2.12. The maximum atomic E-state index is 13.3. The third-order valence-electron chi connectivity index (χ3n) is 5.16. The molecule has 6 nitrogen and oxygen atoms in total. The fourth-order valence-corrected chi connectivity index (χ4v) is 4.96. The number of hydrogen-bond acceptors (Lipinski definition) is 4. The van der Waals surface area contributed by atoms with Gasteiger partial charge in [-0.15, -0.1) is 0 Å². The summed E-state index contributed by atoms with van der Waals surface area (Å²) in [5, 5.41) is 2.76. The van der Waals surface area contributed by atoms with E-state index in [1.54, 1.807) is 30.3 Å². The smallest absolute Gasteiger partial charge is 0.264 e. The molecule has 174 valence electrons. The van der Waals surface area contributed by atoms with Gasteiger partial charge in [0.2, 0.25) is 5.91 Å². The molecule has 1 amide bonds. The number of nitrogens with zero attached hydrogens (tertiary/aromatic N) is 1. The summed E-state index contributed by atoms with van der Waals surface area (Å²) in [7, 11) is -3.91. The average Bonchev–Trinajstić information content (AvgIpc) is 2.82. The highest BCUT2D eigenvalue weighted by Gasteiger charge is 2.27. The highest BCUT2D eigenvalue weighted by atomic mass is 32.2. The molecule has 0 radical (unpaired) electrons. The molecule has 0 unspecified atom stereocenters. The van der Waals surface area contributed by atoms with Gasteiger partial charge in [-0.2, -0.15) is 0 Å². The van der Waals surface area contributed by atoms with Crippen LogP contribution in [0.4, 0.5) is 5.69 Å². The number of aryl methyl sites for hydroxylation is 2. The number of amides is 1. The highest BCUT2D eigenvalue weighted by molar-refractivity contribution is 7.92.